The van der Waals surface area contributed by atoms with E-state index in [0.29, 0.717) is 11.8 Å². The van der Waals surface area contributed by atoms with E-state index in [1.165, 1.54) is 0 Å². The number of nitrogens with one attached hydrogen (secondary N) is 1. The SMILES string of the molecule is CCC(CNC)c1nccc(C(C)C)n1. The van der Waals surface area contributed by atoms with E-state index in [4.69, 9.17) is 0 Å². The second-order valence-electron chi connectivity index (χ2n) is 4.16. The van der Waals surface area contributed by atoms with Crippen LogP contribution < -0.4 is 5.32 Å². The van der Waals surface area contributed by atoms with Gasteiger partial charge in [-0.1, -0.05) is 20.8 Å². The lowest BCUT2D eigenvalue weighted by Gasteiger charge is -2.14. The molecule has 15 heavy (non-hydrogen) atoms. The molecule has 0 amide bonds. The molecule has 0 aliphatic rings. The third-order valence-electron chi connectivity index (χ3n) is 2.60. The van der Waals surface area contributed by atoms with E-state index in [2.05, 4.69) is 36.1 Å². The van der Waals surface area contributed by atoms with Gasteiger partial charge >= 0.3 is 0 Å². The first-order chi connectivity index (χ1) is 7.19. The molecule has 84 valence electrons. The van der Waals surface area contributed by atoms with Crippen molar-refractivity contribution in [2.45, 2.75) is 39.0 Å². The fraction of sp³-hybridized carbons (Fsp3) is 0.667. The van der Waals surface area contributed by atoms with Crippen LogP contribution in [0, 0.1) is 0 Å². The molecule has 1 N–H and O–H groups in total. The van der Waals surface area contributed by atoms with Crippen molar-refractivity contribution in [2.24, 2.45) is 0 Å². The molecule has 1 aromatic rings. The standard InChI is InChI=1S/C12H21N3/c1-5-10(8-13-4)12-14-7-6-11(15-12)9(2)3/h6-7,9-10,13H,5,8H2,1-4H3. The number of nitrogens with zero attached hydrogens (tertiary/aromatic N) is 2. The van der Waals surface area contributed by atoms with Crippen molar-refractivity contribution in [3.63, 3.8) is 0 Å². The normalized spacial score (nSPS) is 13.1. The quantitative estimate of drug-likeness (QED) is 0.805. The van der Waals surface area contributed by atoms with Gasteiger partial charge in [-0.25, -0.2) is 9.97 Å². The second kappa shape index (κ2) is 5.81. The van der Waals surface area contributed by atoms with Gasteiger partial charge in [0.1, 0.15) is 5.82 Å². The maximum absolute atomic E-state index is 4.61. The number of hydrogen-bond donors (Lipinski definition) is 1. The third-order valence-corrected chi connectivity index (χ3v) is 2.60. The van der Waals surface area contributed by atoms with E-state index in [1.54, 1.807) is 0 Å². The molecule has 0 aromatic carbocycles. The summed E-state index contributed by atoms with van der Waals surface area (Å²) >= 11 is 0. The number of hydrogen-bond acceptors (Lipinski definition) is 3. The average Bonchev–Trinajstić information content (AvgIpc) is 2.26. The summed E-state index contributed by atoms with van der Waals surface area (Å²) in [7, 11) is 1.97. The van der Waals surface area contributed by atoms with Crippen molar-refractivity contribution in [1.82, 2.24) is 15.3 Å². The highest BCUT2D eigenvalue weighted by Gasteiger charge is 2.12. The molecule has 0 saturated carbocycles. The first kappa shape index (κ1) is 12.1. The smallest absolute Gasteiger partial charge is 0.132 e. The lowest BCUT2D eigenvalue weighted by atomic mass is 10.0. The van der Waals surface area contributed by atoms with Crippen LogP contribution in [0.5, 0.6) is 0 Å². The predicted molar refractivity (Wildman–Crippen MR) is 63.1 cm³/mol. The Balaban J connectivity index is 2.87. The van der Waals surface area contributed by atoms with Gasteiger partial charge in [0, 0.05) is 24.4 Å². The van der Waals surface area contributed by atoms with Gasteiger partial charge < -0.3 is 5.32 Å². The first-order valence-electron chi connectivity index (χ1n) is 5.66. The van der Waals surface area contributed by atoms with E-state index in [-0.39, 0.29) is 0 Å². The molecular formula is C12H21N3. The molecule has 0 fully saturated rings. The molecule has 0 saturated heterocycles. The fourth-order valence-electron chi connectivity index (χ4n) is 1.57. The molecular weight excluding hydrogens is 186 g/mol. The maximum atomic E-state index is 4.61. The van der Waals surface area contributed by atoms with Crippen LogP contribution in [0.4, 0.5) is 0 Å². The molecule has 1 heterocycles. The Bertz CT molecular complexity index is 297. The van der Waals surface area contributed by atoms with Gasteiger partial charge in [-0.15, -0.1) is 0 Å². The van der Waals surface area contributed by atoms with Crippen molar-refractivity contribution in [3.05, 3.63) is 23.8 Å². The van der Waals surface area contributed by atoms with Gasteiger partial charge in [-0.3, -0.25) is 0 Å². The van der Waals surface area contributed by atoms with Gasteiger partial charge in [-0.05, 0) is 25.5 Å². The Hall–Kier alpha value is -0.960. The fourth-order valence-corrected chi connectivity index (χ4v) is 1.57. The molecule has 3 heteroatoms. The summed E-state index contributed by atoms with van der Waals surface area (Å²) in [6.07, 6.45) is 2.94. The first-order valence-corrected chi connectivity index (χ1v) is 5.66. The van der Waals surface area contributed by atoms with Crippen molar-refractivity contribution in [2.75, 3.05) is 13.6 Å². The summed E-state index contributed by atoms with van der Waals surface area (Å²) in [5.41, 5.74) is 1.13. The summed E-state index contributed by atoms with van der Waals surface area (Å²) in [5.74, 6) is 1.87. The van der Waals surface area contributed by atoms with Gasteiger partial charge in [0.2, 0.25) is 0 Å². The minimum absolute atomic E-state index is 0.425. The number of aromatic nitrogens is 2. The zero-order chi connectivity index (χ0) is 11.3. The van der Waals surface area contributed by atoms with Crippen LogP contribution in [0.1, 0.15) is 50.5 Å². The Labute approximate surface area is 92.3 Å². The van der Waals surface area contributed by atoms with Gasteiger partial charge in [-0.2, -0.15) is 0 Å². The predicted octanol–water partition coefficient (Wildman–Crippen LogP) is 2.31. The number of rotatable bonds is 5. The highest BCUT2D eigenvalue weighted by Crippen LogP contribution is 2.17. The monoisotopic (exact) mass is 207 g/mol. The molecule has 0 bridgehead atoms. The molecule has 0 radical (unpaired) electrons. The van der Waals surface area contributed by atoms with Gasteiger partial charge in [0.05, 0.1) is 0 Å². The van der Waals surface area contributed by atoms with E-state index in [9.17, 15) is 0 Å². The molecule has 1 aromatic heterocycles. The van der Waals surface area contributed by atoms with Crippen molar-refractivity contribution in [1.29, 1.82) is 0 Å². The van der Waals surface area contributed by atoms with Crippen molar-refractivity contribution < 1.29 is 0 Å². The van der Waals surface area contributed by atoms with Crippen molar-refractivity contribution >= 4 is 0 Å². The molecule has 0 spiro atoms. The lowest BCUT2D eigenvalue weighted by Crippen LogP contribution is -2.19. The summed E-state index contributed by atoms with van der Waals surface area (Å²) < 4.78 is 0. The Morgan fingerprint density at radius 2 is 2.13 bits per heavy atom. The summed E-state index contributed by atoms with van der Waals surface area (Å²) in [5, 5.41) is 3.19. The minimum atomic E-state index is 0.425. The Morgan fingerprint density at radius 3 is 2.67 bits per heavy atom. The molecule has 1 unspecified atom stereocenters. The van der Waals surface area contributed by atoms with E-state index >= 15 is 0 Å². The molecule has 0 aliphatic carbocycles. The van der Waals surface area contributed by atoms with Crippen LogP contribution in [-0.4, -0.2) is 23.6 Å². The Morgan fingerprint density at radius 1 is 1.40 bits per heavy atom. The van der Waals surface area contributed by atoms with Crippen LogP contribution >= 0.6 is 0 Å². The van der Waals surface area contributed by atoms with Crippen molar-refractivity contribution in [3.8, 4) is 0 Å². The van der Waals surface area contributed by atoms with Crippen LogP contribution in [-0.2, 0) is 0 Å². The zero-order valence-electron chi connectivity index (χ0n) is 10.1. The highest BCUT2D eigenvalue weighted by atomic mass is 14.9. The molecule has 1 rings (SSSR count). The van der Waals surface area contributed by atoms with Gasteiger partial charge in [0.25, 0.3) is 0 Å². The topological polar surface area (TPSA) is 37.8 Å². The highest BCUT2D eigenvalue weighted by molar-refractivity contribution is 5.09. The maximum Gasteiger partial charge on any atom is 0.132 e. The van der Waals surface area contributed by atoms with Crippen LogP contribution in [0.15, 0.2) is 12.3 Å². The van der Waals surface area contributed by atoms with Crippen LogP contribution in [0.25, 0.3) is 0 Å². The minimum Gasteiger partial charge on any atom is -0.319 e. The van der Waals surface area contributed by atoms with E-state index in [1.807, 2.05) is 19.3 Å². The lowest BCUT2D eigenvalue weighted by molar-refractivity contribution is 0.574. The number of likely N-dealkylation sites (N-methyl/N-ethyl adjacent to an activating group) is 1. The third kappa shape index (κ3) is 3.27. The Kier molecular flexibility index (Phi) is 4.69. The average molecular weight is 207 g/mol. The zero-order valence-corrected chi connectivity index (χ0v) is 10.1. The summed E-state index contributed by atoms with van der Waals surface area (Å²) in [6, 6.07) is 2.00. The molecule has 1 atom stereocenters. The molecule has 3 nitrogen and oxygen atoms in total. The summed E-state index contributed by atoms with van der Waals surface area (Å²) in [4.78, 5) is 8.97. The van der Waals surface area contributed by atoms with Gasteiger partial charge in [0.15, 0.2) is 0 Å². The van der Waals surface area contributed by atoms with E-state index in [0.717, 1.165) is 24.5 Å². The van der Waals surface area contributed by atoms with Crippen LogP contribution in [0.3, 0.4) is 0 Å². The summed E-state index contributed by atoms with van der Waals surface area (Å²) in [6.45, 7) is 7.43. The van der Waals surface area contributed by atoms with Crippen LogP contribution in [0.2, 0.25) is 0 Å². The second-order valence-corrected chi connectivity index (χ2v) is 4.16. The molecule has 0 aliphatic heterocycles. The largest absolute Gasteiger partial charge is 0.319 e. The van der Waals surface area contributed by atoms with E-state index < -0.39 is 0 Å².